The van der Waals surface area contributed by atoms with Crippen LogP contribution in [0.15, 0.2) is 64.4 Å². The zero-order chi connectivity index (χ0) is 39.8. The van der Waals surface area contributed by atoms with Gasteiger partial charge in [0.2, 0.25) is 0 Å². The van der Waals surface area contributed by atoms with Crippen molar-refractivity contribution in [2.75, 3.05) is 20.7 Å². The third-order valence-electron chi connectivity index (χ3n) is 12.0. The first-order chi connectivity index (χ1) is 27.5. The molecular formula is C43H56N8O6. The van der Waals surface area contributed by atoms with Crippen LogP contribution in [0, 0.1) is 11.8 Å². The molecule has 4 aromatic rings. The Morgan fingerprint density at radius 3 is 2.39 bits per heavy atom. The highest BCUT2D eigenvalue weighted by atomic mass is 16.5. The number of H-pyrrole nitrogens is 1. The summed E-state index contributed by atoms with van der Waals surface area (Å²) in [6.07, 6.45) is 10.4. The van der Waals surface area contributed by atoms with Crippen molar-refractivity contribution in [3.05, 3.63) is 86.7 Å². The summed E-state index contributed by atoms with van der Waals surface area (Å²) < 4.78 is 14.9. The number of nitrogens with one attached hydrogen (secondary N) is 3. The van der Waals surface area contributed by atoms with E-state index in [1.54, 1.807) is 37.5 Å². The van der Waals surface area contributed by atoms with Crippen LogP contribution in [0.5, 0.6) is 17.5 Å². The maximum atomic E-state index is 14.6. The van der Waals surface area contributed by atoms with Gasteiger partial charge in [-0.2, -0.15) is 4.98 Å². The zero-order valence-corrected chi connectivity index (χ0v) is 33.4. The van der Waals surface area contributed by atoms with E-state index in [0.29, 0.717) is 65.4 Å². The highest BCUT2D eigenvalue weighted by Gasteiger charge is 2.48. The Bertz CT molecular complexity index is 2170. The number of benzene rings is 2. The molecule has 2 aliphatic heterocycles. The van der Waals surface area contributed by atoms with E-state index in [1.165, 1.54) is 19.2 Å². The van der Waals surface area contributed by atoms with Crippen molar-refractivity contribution in [1.29, 1.82) is 0 Å². The molecule has 5 N–H and O–H groups in total. The third kappa shape index (κ3) is 7.94. The largest absolute Gasteiger partial charge is 0.490 e. The summed E-state index contributed by atoms with van der Waals surface area (Å²) in [6.45, 7) is 7.57. The lowest BCUT2D eigenvalue weighted by Gasteiger charge is -2.41. The first-order valence-corrected chi connectivity index (χ1v) is 20.8. The molecular weight excluding hydrogens is 725 g/mol. The lowest BCUT2D eigenvalue weighted by Crippen LogP contribution is -2.57. The number of aromatic amines is 1. The van der Waals surface area contributed by atoms with Gasteiger partial charge in [0.25, 0.3) is 11.1 Å². The molecule has 4 unspecified atom stereocenters. The van der Waals surface area contributed by atoms with Gasteiger partial charge >= 0.3 is 6.01 Å². The highest BCUT2D eigenvalue weighted by molar-refractivity contribution is 5.80. The molecule has 0 spiro atoms. The Labute approximate surface area is 333 Å². The maximum absolute atomic E-state index is 14.6. The summed E-state index contributed by atoms with van der Waals surface area (Å²) in [6, 6.07) is 15.0. The number of hydrazine groups is 1. The summed E-state index contributed by atoms with van der Waals surface area (Å²) in [5, 5.41) is 32.3. The average molecular weight is 781 g/mol. The number of hydrogen-bond acceptors (Lipinski definition) is 12. The molecule has 2 aromatic carbocycles. The molecule has 4 aliphatic rings. The predicted octanol–water partition coefficient (Wildman–Crippen LogP) is 7.15. The Balaban J connectivity index is 1.23. The highest BCUT2D eigenvalue weighted by Crippen LogP contribution is 2.45. The average Bonchev–Trinajstić information content (AvgIpc) is 4.01. The fourth-order valence-electron chi connectivity index (χ4n) is 9.11. The summed E-state index contributed by atoms with van der Waals surface area (Å²) >= 11 is 0. The van der Waals surface area contributed by atoms with E-state index in [2.05, 4.69) is 15.6 Å². The van der Waals surface area contributed by atoms with Crippen LogP contribution in [0.1, 0.15) is 116 Å². The Kier molecular flexibility index (Phi) is 10.9. The molecule has 2 saturated carbocycles. The number of rotatable bonds is 14. The van der Waals surface area contributed by atoms with E-state index in [9.17, 15) is 19.8 Å². The van der Waals surface area contributed by atoms with Crippen LogP contribution in [0.3, 0.4) is 0 Å². The molecule has 2 aromatic heterocycles. The van der Waals surface area contributed by atoms with Crippen molar-refractivity contribution in [3.8, 4) is 17.5 Å². The molecule has 4 heterocycles. The van der Waals surface area contributed by atoms with E-state index in [-0.39, 0.29) is 35.3 Å². The van der Waals surface area contributed by atoms with Crippen LogP contribution in [-0.2, 0) is 12.1 Å². The fourth-order valence-corrected chi connectivity index (χ4v) is 9.11. The van der Waals surface area contributed by atoms with Gasteiger partial charge in [0.05, 0.1) is 18.0 Å². The maximum Gasteiger partial charge on any atom is 0.306 e. The second kappa shape index (κ2) is 16.0. The minimum Gasteiger partial charge on any atom is -0.490 e. The first kappa shape index (κ1) is 38.8. The van der Waals surface area contributed by atoms with E-state index in [1.807, 2.05) is 53.3 Å². The zero-order valence-electron chi connectivity index (χ0n) is 33.4. The molecule has 0 bridgehead atoms. The Morgan fingerprint density at radius 1 is 0.912 bits per heavy atom. The van der Waals surface area contributed by atoms with Gasteiger partial charge in [0.15, 0.2) is 11.6 Å². The van der Waals surface area contributed by atoms with Crippen molar-refractivity contribution in [2.45, 2.75) is 135 Å². The molecule has 0 amide bonds. The number of ether oxygens (including phenoxy) is 2. The monoisotopic (exact) mass is 780 g/mol. The molecule has 8 rings (SSSR count). The molecule has 14 nitrogen and oxygen atoms in total. The first-order valence-electron chi connectivity index (χ1n) is 20.8. The number of fused-ring (bicyclic) bond motifs is 2. The lowest BCUT2D eigenvalue weighted by molar-refractivity contribution is 0.0783. The molecule has 2 aliphatic carbocycles. The molecule has 57 heavy (non-hydrogen) atoms. The molecule has 14 heteroatoms. The van der Waals surface area contributed by atoms with Gasteiger partial charge in [-0.1, -0.05) is 69.7 Å². The van der Waals surface area contributed by atoms with Crippen LogP contribution in [-0.4, -0.2) is 48.2 Å². The van der Waals surface area contributed by atoms with Gasteiger partial charge in [0, 0.05) is 13.0 Å². The lowest BCUT2D eigenvalue weighted by atomic mass is 9.97. The van der Waals surface area contributed by atoms with Crippen molar-refractivity contribution in [2.24, 2.45) is 11.8 Å². The van der Waals surface area contributed by atoms with E-state index >= 15 is 0 Å². The molecule has 304 valence electrons. The Morgan fingerprint density at radius 2 is 1.65 bits per heavy atom. The molecule has 4 atom stereocenters. The number of aromatic nitrogens is 4. The van der Waals surface area contributed by atoms with Crippen LogP contribution in [0.4, 0.5) is 23.0 Å². The van der Waals surface area contributed by atoms with E-state index < -0.39 is 17.9 Å². The van der Waals surface area contributed by atoms with Crippen LogP contribution in [0.25, 0.3) is 0 Å². The number of aliphatic hydroxyl groups is 2. The predicted molar refractivity (Wildman–Crippen MR) is 220 cm³/mol. The number of anilines is 4. The SMILES string of the molecule is CCCn1c(Oc2cccc(C(C)(C)O)c2)nc2c(c1=O)NC(C1CCCC1)N2N1c2nc[nH]c(=O)c2NC1CC(CC1CCCC1)Oc1cccc(C(C)O)c1. The van der Waals surface area contributed by atoms with Gasteiger partial charge in [-0.25, -0.2) is 15.0 Å². The van der Waals surface area contributed by atoms with Gasteiger partial charge in [-0.15, -0.1) is 0 Å². The summed E-state index contributed by atoms with van der Waals surface area (Å²) in [5.41, 5.74) is 0.528. The quantitative estimate of drug-likeness (QED) is 0.0878. The van der Waals surface area contributed by atoms with E-state index in [0.717, 1.165) is 50.5 Å². The number of nitrogens with zero attached hydrogens (tertiary/aromatic N) is 5. The standard InChI is InChI=1S/C43H56N8O6/c1-5-20-49-41(54)36-39(48-42(49)57-32-19-11-17-30(23-32)43(3,4)55)51(37(47-36)28-14-8-9-15-28)50-34(46-35-38(50)44-25-45-40(35)53)24-33(21-27-12-6-7-13-27)56-31-18-10-16-29(22-31)26(2)52/h10-11,16-19,22-23,25-28,33-34,37,46-47,52,55H,5-9,12-15,20-21,24H2,1-4H3,(H,44,45,53). The van der Waals surface area contributed by atoms with Crippen molar-refractivity contribution in [1.82, 2.24) is 19.5 Å². The third-order valence-corrected chi connectivity index (χ3v) is 12.0. The topological polar surface area (TPSA) is 170 Å². The number of hydrogen-bond donors (Lipinski definition) is 5. The summed E-state index contributed by atoms with van der Waals surface area (Å²) in [5.74, 6) is 2.66. The van der Waals surface area contributed by atoms with Crippen molar-refractivity contribution >= 4 is 23.0 Å². The fraction of sp³-hybridized carbons (Fsp3) is 0.535. The minimum absolute atomic E-state index is 0.135. The van der Waals surface area contributed by atoms with Crippen LogP contribution in [0.2, 0.25) is 0 Å². The van der Waals surface area contributed by atoms with Gasteiger partial charge < -0.3 is 35.3 Å². The van der Waals surface area contributed by atoms with Gasteiger partial charge in [-0.3, -0.25) is 14.2 Å². The molecule has 0 saturated heterocycles. The normalized spacial score (nSPS) is 20.6. The molecule has 2 fully saturated rings. The van der Waals surface area contributed by atoms with Gasteiger partial charge in [-0.05, 0) is 93.7 Å². The summed E-state index contributed by atoms with van der Waals surface area (Å²) in [7, 11) is 0. The van der Waals surface area contributed by atoms with E-state index in [4.69, 9.17) is 19.4 Å². The molecule has 0 radical (unpaired) electrons. The van der Waals surface area contributed by atoms with Crippen LogP contribution >= 0.6 is 0 Å². The Hall–Kier alpha value is -5.08. The minimum atomic E-state index is -1.10. The summed E-state index contributed by atoms with van der Waals surface area (Å²) in [4.78, 5) is 40.8. The van der Waals surface area contributed by atoms with Crippen LogP contribution < -0.4 is 41.2 Å². The second-order valence-electron chi connectivity index (χ2n) is 16.8. The van der Waals surface area contributed by atoms with Crippen molar-refractivity contribution < 1.29 is 19.7 Å². The second-order valence-corrected chi connectivity index (χ2v) is 16.8. The smallest absolute Gasteiger partial charge is 0.306 e. The van der Waals surface area contributed by atoms with Crippen molar-refractivity contribution in [3.63, 3.8) is 0 Å². The number of aliphatic hydroxyl groups excluding tert-OH is 1. The van der Waals surface area contributed by atoms with Gasteiger partial charge in [0.1, 0.15) is 41.3 Å².